The highest BCUT2D eigenvalue weighted by molar-refractivity contribution is 7.80. The first kappa shape index (κ1) is 8.40. The molecule has 0 bridgehead atoms. The van der Waals surface area contributed by atoms with Gasteiger partial charge in [-0.1, -0.05) is 6.07 Å². The summed E-state index contributed by atoms with van der Waals surface area (Å²) in [6.45, 7) is 2.84. The molecule has 0 aliphatic heterocycles. The minimum atomic E-state index is 0.829. The van der Waals surface area contributed by atoms with Crippen LogP contribution in [0.25, 0.3) is 0 Å². The maximum Gasteiger partial charge on any atom is 0.126 e. The fourth-order valence-corrected chi connectivity index (χ4v) is 0.937. The van der Waals surface area contributed by atoms with E-state index in [0.717, 1.165) is 23.8 Å². The third-order valence-corrected chi connectivity index (χ3v) is 1.53. The van der Waals surface area contributed by atoms with Crippen LogP contribution in [0, 0.1) is 6.92 Å². The minimum Gasteiger partial charge on any atom is -0.369 e. The maximum absolute atomic E-state index is 4.27. The van der Waals surface area contributed by atoms with Crippen molar-refractivity contribution in [3.05, 3.63) is 23.9 Å². The highest BCUT2D eigenvalue weighted by Gasteiger charge is 1.90. The van der Waals surface area contributed by atoms with Gasteiger partial charge < -0.3 is 5.32 Å². The molecule has 0 radical (unpaired) electrons. The van der Waals surface area contributed by atoms with Gasteiger partial charge in [0.2, 0.25) is 0 Å². The summed E-state index contributed by atoms with van der Waals surface area (Å²) in [5.41, 5.74) is 1.04. The summed E-state index contributed by atoms with van der Waals surface area (Å²) in [5, 5.41) is 3.15. The maximum atomic E-state index is 4.27. The summed E-state index contributed by atoms with van der Waals surface area (Å²) in [4.78, 5) is 4.27. The average Bonchev–Trinajstić information content (AvgIpc) is 2.01. The number of nitrogens with zero attached hydrogens (tertiary/aromatic N) is 1. The molecule has 0 aliphatic rings. The summed E-state index contributed by atoms with van der Waals surface area (Å²) >= 11 is 4.09. The first-order valence-electron chi connectivity index (χ1n) is 3.61. The van der Waals surface area contributed by atoms with Crippen LogP contribution in [0.2, 0.25) is 0 Å². The SMILES string of the molecule is Cc1cccc(NCCS)n1. The molecule has 1 rings (SSSR count). The van der Waals surface area contributed by atoms with Crippen LogP contribution < -0.4 is 5.32 Å². The van der Waals surface area contributed by atoms with Crippen LogP contribution >= 0.6 is 12.6 Å². The summed E-state index contributed by atoms with van der Waals surface area (Å²) in [7, 11) is 0. The number of aromatic nitrogens is 1. The van der Waals surface area contributed by atoms with E-state index in [2.05, 4.69) is 22.9 Å². The summed E-state index contributed by atoms with van der Waals surface area (Å²) < 4.78 is 0. The Morgan fingerprint density at radius 3 is 3.00 bits per heavy atom. The van der Waals surface area contributed by atoms with Crippen LogP contribution in [-0.2, 0) is 0 Å². The van der Waals surface area contributed by atoms with Crippen LogP contribution in [-0.4, -0.2) is 17.3 Å². The van der Waals surface area contributed by atoms with E-state index in [9.17, 15) is 0 Å². The largest absolute Gasteiger partial charge is 0.369 e. The minimum absolute atomic E-state index is 0.829. The van der Waals surface area contributed by atoms with Crippen LogP contribution in [0.3, 0.4) is 0 Å². The van der Waals surface area contributed by atoms with Gasteiger partial charge in [0.25, 0.3) is 0 Å². The van der Waals surface area contributed by atoms with Crippen molar-refractivity contribution in [2.24, 2.45) is 0 Å². The van der Waals surface area contributed by atoms with Crippen LogP contribution in [0.4, 0.5) is 5.82 Å². The predicted molar refractivity (Wildman–Crippen MR) is 51.3 cm³/mol. The Labute approximate surface area is 72.5 Å². The fraction of sp³-hybridized carbons (Fsp3) is 0.375. The third kappa shape index (κ3) is 2.80. The van der Waals surface area contributed by atoms with Crippen LogP contribution in [0.1, 0.15) is 5.69 Å². The molecule has 0 aromatic carbocycles. The number of nitrogens with one attached hydrogen (secondary N) is 1. The van der Waals surface area contributed by atoms with Gasteiger partial charge >= 0.3 is 0 Å². The zero-order valence-corrected chi connectivity index (χ0v) is 7.44. The monoisotopic (exact) mass is 168 g/mol. The van der Waals surface area contributed by atoms with E-state index in [1.54, 1.807) is 0 Å². The average molecular weight is 168 g/mol. The molecule has 0 atom stereocenters. The lowest BCUT2D eigenvalue weighted by Crippen LogP contribution is -2.04. The Kier molecular flexibility index (Phi) is 3.23. The molecule has 0 saturated heterocycles. The Morgan fingerprint density at radius 1 is 1.55 bits per heavy atom. The van der Waals surface area contributed by atoms with Gasteiger partial charge in [-0.25, -0.2) is 4.98 Å². The second kappa shape index (κ2) is 4.23. The smallest absolute Gasteiger partial charge is 0.126 e. The van der Waals surface area contributed by atoms with Crippen molar-refractivity contribution in [3.63, 3.8) is 0 Å². The standard InChI is InChI=1S/C8H12N2S/c1-7-3-2-4-8(10-7)9-5-6-11/h2-4,11H,5-6H2,1H3,(H,9,10). The summed E-state index contributed by atoms with van der Waals surface area (Å²) in [6.07, 6.45) is 0. The zero-order valence-electron chi connectivity index (χ0n) is 6.54. The quantitative estimate of drug-likeness (QED) is 0.672. The molecule has 0 spiro atoms. The lowest BCUT2D eigenvalue weighted by molar-refractivity contribution is 1.13. The van der Waals surface area contributed by atoms with E-state index in [-0.39, 0.29) is 0 Å². The number of anilines is 1. The normalized spacial score (nSPS) is 9.64. The zero-order chi connectivity index (χ0) is 8.10. The molecule has 60 valence electrons. The molecular formula is C8H12N2S. The highest BCUT2D eigenvalue weighted by Crippen LogP contribution is 2.02. The topological polar surface area (TPSA) is 24.9 Å². The first-order valence-corrected chi connectivity index (χ1v) is 4.24. The lowest BCUT2D eigenvalue weighted by atomic mass is 10.4. The number of hydrogen-bond acceptors (Lipinski definition) is 3. The number of aryl methyl sites for hydroxylation is 1. The van der Waals surface area contributed by atoms with Gasteiger partial charge in [-0.3, -0.25) is 0 Å². The van der Waals surface area contributed by atoms with Gasteiger partial charge in [0, 0.05) is 18.0 Å². The molecular weight excluding hydrogens is 156 g/mol. The first-order chi connectivity index (χ1) is 5.33. The van der Waals surface area contributed by atoms with Crippen LogP contribution in [0.15, 0.2) is 18.2 Å². The van der Waals surface area contributed by atoms with Crippen LogP contribution in [0.5, 0.6) is 0 Å². The number of thiol groups is 1. The van der Waals surface area contributed by atoms with Crippen molar-refractivity contribution in [2.75, 3.05) is 17.6 Å². The van der Waals surface area contributed by atoms with E-state index in [4.69, 9.17) is 0 Å². The predicted octanol–water partition coefficient (Wildman–Crippen LogP) is 1.73. The molecule has 0 aliphatic carbocycles. The Hall–Kier alpha value is -0.700. The molecule has 1 aromatic rings. The molecule has 0 unspecified atom stereocenters. The fourth-order valence-electron chi connectivity index (χ4n) is 0.825. The molecule has 0 saturated carbocycles. The van der Waals surface area contributed by atoms with Gasteiger partial charge in [0.15, 0.2) is 0 Å². The van der Waals surface area contributed by atoms with Gasteiger partial charge in [0.05, 0.1) is 0 Å². The van der Waals surface area contributed by atoms with Gasteiger partial charge in [-0.05, 0) is 19.1 Å². The Balaban J connectivity index is 2.56. The van der Waals surface area contributed by atoms with Gasteiger partial charge in [0.1, 0.15) is 5.82 Å². The molecule has 3 heteroatoms. The number of pyridine rings is 1. The molecule has 1 N–H and O–H groups in total. The second-order valence-corrected chi connectivity index (χ2v) is 2.76. The van der Waals surface area contributed by atoms with Gasteiger partial charge in [-0.15, -0.1) is 0 Å². The van der Waals surface area contributed by atoms with Crippen molar-refractivity contribution < 1.29 is 0 Å². The molecule has 0 fully saturated rings. The summed E-state index contributed by atoms with van der Waals surface area (Å²) in [5.74, 6) is 1.76. The van der Waals surface area contributed by atoms with E-state index in [1.165, 1.54) is 0 Å². The van der Waals surface area contributed by atoms with E-state index in [0.29, 0.717) is 0 Å². The van der Waals surface area contributed by atoms with E-state index < -0.39 is 0 Å². The number of hydrogen-bond donors (Lipinski definition) is 2. The Bertz CT molecular complexity index is 225. The summed E-state index contributed by atoms with van der Waals surface area (Å²) in [6, 6.07) is 5.92. The van der Waals surface area contributed by atoms with Crippen molar-refractivity contribution in [1.29, 1.82) is 0 Å². The molecule has 1 heterocycles. The highest BCUT2D eigenvalue weighted by atomic mass is 32.1. The van der Waals surface area contributed by atoms with E-state index in [1.807, 2.05) is 25.1 Å². The van der Waals surface area contributed by atoms with Crippen molar-refractivity contribution in [1.82, 2.24) is 4.98 Å². The molecule has 1 aromatic heterocycles. The second-order valence-electron chi connectivity index (χ2n) is 2.31. The van der Waals surface area contributed by atoms with E-state index >= 15 is 0 Å². The van der Waals surface area contributed by atoms with Crippen molar-refractivity contribution in [3.8, 4) is 0 Å². The Morgan fingerprint density at radius 2 is 2.36 bits per heavy atom. The number of rotatable bonds is 3. The lowest BCUT2D eigenvalue weighted by Gasteiger charge is -2.02. The van der Waals surface area contributed by atoms with Crippen molar-refractivity contribution >= 4 is 18.4 Å². The molecule has 11 heavy (non-hydrogen) atoms. The van der Waals surface area contributed by atoms with Crippen molar-refractivity contribution in [2.45, 2.75) is 6.92 Å². The molecule has 0 amide bonds. The molecule has 2 nitrogen and oxygen atoms in total. The third-order valence-electron chi connectivity index (χ3n) is 1.31. The van der Waals surface area contributed by atoms with Gasteiger partial charge in [-0.2, -0.15) is 12.6 Å².